The minimum atomic E-state index is -6.00. The number of hydrogen-bond acceptors (Lipinski definition) is 0. The lowest BCUT2D eigenvalue weighted by Crippen LogP contribution is -2.02. The minimum absolute atomic E-state index is 0.527. The molecule has 0 radical (unpaired) electrons. The lowest BCUT2D eigenvalue weighted by Gasteiger charge is -1.94. The summed E-state index contributed by atoms with van der Waals surface area (Å²) in [5.41, 5.74) is 0. The van der Waals surface area contributed by atoms with Crippen LogP contribution in [-0.2, 0) is 21.8 Å². The van der Waals surface area contributed by atoms with Crippen LogP contribution in [0.2, 0.25) is 0 Å². The van der Waals surface area contributed by atoms with Gasteiger partial charge in [-0.3, -0.25) is 0 Å². The van der Waals surface area contributed by atoms with E-state index in [1.165, 1.54) is 11.5 Å². The van der Waals surface area contributed by atoms with Gasteiger partial charge in [0.2, 0.25) is 0 Å². The van der Waals surface area contributed by atoms with Crippen LogP contribution in [0, 0.1) is 0 Å². The Morgan fingerprint density at radius 2 is 0.800 bits per heavy atom. The Morgan fingerprint density at radius 1 is 0.650 bits per heavy atom. The van der Waals surface area contributed by atoms with Crippen LogP contribution in [0.5, 0.6) is 0 Å². The highest BCUT2D eigenvalue weighted by Gasteiger charge is 2.21. The molecule has 124 valence electrons. The Bertz CT molecular complexity index is 208. The Labute approximate surface area is 120 Å². The maximum absolute atomic E-state index is 9.75. The highest BCUT2D eigenvalue weighted by atomic mass is 32.2. The molecule has 0 N–H and O–H groups in total. The summed E-state index contributed by atoms with van der Waals surface area (Å²) in [5.74, 6) is 2.58. The van der Waals surface area contributed by atoms with Crippen molar-refractivity contribution in [1.82, 2.24) is 0 Å². The zero-order chi connectivity index (χ0) is 17.0. The van der Waals surface area contributed by atoms with E-state index in [-0.39, 0.29) is 0 Å². The molecule has 0 amide bonds. The second-order valence-electron chi connectivity index (χ2n) is 3.22. The van der Waals surface area contributed by atoms with Crippen molar-refractivity contribution in [2.45, 2.75) is 13.8 Å². The summed E-state index contributed by atoms with van der Waals surface area (Å²) in [6.07, 6.45) is 4.59. The van der Waals surface area contributed by atoms with E-state index in [1.54, 1.807) is 0 Å². The second-order valence-corrected chi connectivity index (χ2v) is 7.68. The molecule has 0 aliphatic carbocycles. The SMILES string of the molecule is CC[S+](C)/C=C\[S+](C)CC.F[B-](F)(F)F.F[B-](F)(F)F. The van der Waals surface area contributed by atoms with Gasteiger partial charge in [0.1, 0.15) is 24.0 Å². The largest absolute Gasteiger partial charge is 0.673 e. The first kappa shape index (κ1) is 25.0. The molecule has 0 aromatic heterocycles. The van der Waals surface area contributed by atoms with Crippen LogP contribution >= 0.6 is 0 Å². The maximum atomic E-state index is 9.75. The van der Waals surface area contributed by atoms with Gasteiger partial charge in [-0.25, -0.2) is 0 Å². The van der Waals surface area contributed by atoms with Crippen molar-refractivity contribution < 1.29 is 34.5 Å². The first-order valence-corrected chi connectivity index (χ1v) is 9.09. The van der Waals surface area contributed by atoms with E-state index < -0.39 is 14.5 Å². The van der Waals surface area contributed by atoms with Gasteiger partial charge in [0.25, 0.3) is 0 Å². The van der Waals surface area contributed by atoms with E-state index in [0.29, 0.717) is 21.8 Å². The van der Waals surface area contributed by atoms with Crippen molar-refractivity contribution in [3.8, 4) is 0 Å². The fourth-order valence-corrected chi connectivity index (χ4v) is 2.28. The summed E-state index contributed by atoms with van der Waals surface area (Å²) in [6, 6.07) is 0. The van der Waals surface area contributed by atoms with Gasteiger partial charge >= 0.3 is 14.5 Å². The number of hydrogen-bond donors (Lipinski definition) is 0. The van der Waals surface area contributed by atoms with Gasteiger partial charge in [0, 0.05) is 21.8 Å². The zero-order valence-electron chi connectivity index (χ0n) is 11.6. The first-order valence-electron chi connectivity index (χ1n) is 5.36. The molecular weight excluding hydrogens is 334 g/mol. The molecule has 0 aromatic carbocycles. The Balaban J connectivity index is -0.000000244. The molecule has 0 aliphatic rings. The highest BCUT2D eigenvalue weighted by molar-refractivity contribution is 8.02. The molecular formula is C8H18B2F8S2. The average molecular weight is 352 g/mol. The van der Waals surface area contributed by atoms with Crippen LogP contribution in [0.3, 0.4) is 0 Å². The molecule has 0 rings (SSSR count). The van der Waals surface area contributed by atoms with E-state index in [0.717, 1.165) is 0 Å². The van der Waals surface area contributed by atoms with Crippen molar-refractivity contribution in [2.75, 3.05) is 24.0 Å². The van der Waals surface area contributed by atoms with Crippen LogP contribution < -0.4 is 0 Å². The van der Waals surface area contributed by atoms with E-state index in [4.69, 9.17) is 0 Å². The molecule has 0 bridgehead atoms. The summed E-state index contributed by atoms with van der Waals surface area (Å²) < 4.78 is 78.0. The summed E-state index contributed by atoms with van der Waals surface area (Å²) in [5, 5.41) is 4.74. The normalized spacial score (nSPS) is 14.8. The third kappa shape index (κ3) is 64.2. The van der Waals surface area contributed by atoms with Crippen LogP contribution in [0.15, 0.2) is 10.8 Å². The molecule has 0 saturated heterocycles. The molecule has 0 fully saturated rings. The van der Waals surface area contributed by atoms with E-state index in [9.17, 15) is 34.5 Å². The fraction of sp³-hybridized carbons (Fsp3) is 0.750. The van der Waals surface area contributed by atoms with E-state index >= 15 is 0 Å². The van der Waals surface area contributed by atoms with E-state index in [2.05, 4.69) is 37.2 Å². The van der Waals surface area contributed by atoms with Crippen LogP contribution in [0.25, 0.3) is 0 Å². The van der Waals surface area contributed by atoms with Crippen molar-refractivity contribution in [3.63, 3.8) is 0 Å². The summed E-state index contributed by atoms with van der Waals surface area (Å²) >= 11 is 0. The molecule has 20 heavy (non-hydrogen) atoms. The zero-order valence-corrected chi connectivity index (χ0v) is 13.2. The lowest BCUT2D eigenvalue weighted by atomic mass is 10.3. The maximum Gasteiger partial charge on any atom is 0.673 e. The molecule has 0 heterocycles. The van der Waals surface area contributed by atoms with Crippen molar-refractivity contribution in [3.05, 3.63) is 10.8 Å². The predicted molar refractivity (Wildman–Crippen MR) is 77.2 cm³/mol. The van der Waals surface area contributed by atoms with Crippen LogP contribution in [0.4, 0.5) is 34.5 Å². The molecule has 2 atom stereocenters. The lowest BCUT2D eigenvalue weighted by molar-refractivity contribution is 0.366. The summed E-state index contributed by atoms with van der Waals surface area (Å²) in [7, 11) is -10.9. The van der Waals surface area contributed by atoms with Crippen molar-refractivity contribution in [1.29, 1.82) is 0 Å². The van der Waals surface area contributed by atoms with Crippen molar-refractivity contribution in [2.24, 2.45) is 0 Å². The Kier molecular flexibility index (Phi) is 15.9. The number of halogens is 8. The first-order chi connectivity index (χ1) is 8.70. The second kappa shape index (κ2) is 12.7. The molecule has 2 unspecified atom stereocenters. The smallest absolute Gasteiger partial charge is 0.418 e. The monoisotopic (exact) mass is 352 g/mol. The van der Waals surface area contributed by atoms with Crippen LogP contribution in [0.1, 0.15) is 13.8 Å². The van der Waals surface area contributed by atoms with Crippen LogP contribution in [-0.4, -0.2) is 38.5 Å². The molecule has 0 spiro atoms. The van der Waals surface area contributed by atoms with Gasteiger partial charge in [0.15, 0.2) is 10.8 Å². The fourth-order valence-electron chi connectivity index (χ4n) is 0.382. The highest BCUT2D eigenvalue weighted by Crippen LogP contribution is 2.07. The van der Waals surface area contributed by atoms with Gasteiger partial charge in [-0.2, -0.15) is 0 Å². The van der Waals surface area contributed by atoms with Crippen molar-refractivity contribution >= 4 is 36.3 Å². The standard InChI is InChI=1S/C8H18S2.2BF4/c1-5-9(3)7-8-10(4)6-2;2*2-1(3,4)5/h7-8H,5-6H2,1-4H3;;/q+2;2*-1/b8-7-;;. The third-order valence-corrected chi connectivity index (χ3v) is 4.63. The number of rotatable bonds is 4. The van der Waals surface area contributed by atoms with Gasteiger partial charge in [-0.05, 0) is 13.8 Å². The minimum Gasteiger partial charge on any atom is -0.418 e. The predicted octanol–water partition coefficient (Wildman–Crippen LogP) is 4.59. The van der Waals surface area contributed by atoms with Gasteiger partial charge < -0.3 is 34.5 Å². The molecule has 0 saturated carbocycles. The molecule has 0 aliphatic heterocycles. The summed E-state index contributed by atoms with van der Waals surface area (Å²) in [6.45, 7) is 4.49. The average Bonchev–Trinajstić information content (AvgIpc) is 2.20. The Hall–Kier alpha value is 0.00987. The topological polar surface area (TPSA) is 0 Å². The molecule has 0 aromatic rings. The quantitative estimate of drug-likeness (QED) is 0.394. The molecule has 12 heteroatoms. The Morgan fingerprint density at radius 3 is 0.900 bits per heavy atom. The van der Waals surface area contributed by atoms with Gasteiger partial charge in [0.05, 0.1) is 0 Å². The van der Waals surface area contributed by atoms with Gasteiger partial charge in [-0.15, -0.1) is 0 Å². The van der Waals surface area contributed by atoms with E-state index in [1.807, 2.05) is 0 Å². The van der Waals surface area contributed by atoms with Gasteiger partial charge in [-0.1, -0.05) is 0 Å². The molecule has 0 nitrogen and oxygen atoms in total. The summed E-state index contributed by atoms with van der Waals surface area (Å²) in [4.78, 5) is 0. The third-order valence-electron chi connectivity index (χ3n) is 1.43.